The molecule has 10 aromatic rings. The zero-order valence-electron chi connectivity index (χ0n) is 27.6. The van der Waals surface area contributed by atoms with E-state index in [-0.39, 0.29) is 0 Å². The minimum absolute atomic E-state index is 0.558. The first-order valence-corrected chi connectivity index (χ1v) is 16.9. The Balaban J connectivity index is 1.18. The van der Waals surface area contributed by atoms with Gasteiger partial charge in [-0.15, -0.1) is 6.42 Å². The lowest BCUT2D eigenvalue weighted by molar-refractivity contribution is 0.669. The highest BCUT2D eigenvalue weighted by atomic mass is 16.3. The van der Waals surface area contributed by atoms with Crippen molar-refractivity contribution in [3.63, 3.8) is 0 Å². The SMILES string of the molecule is C#C/C=C\C(=C/C)c1nc(-c2ccccc2)nc(-c2cccc(-c3cccc4oc5cc6c7cccc8c9ccccc9n(c6cc5c34)c87)c2)n1. The molecule has 0 saturated carbocycles. The van der Waals surface area contributed by atoms with E-state index >= 15 is 0 Å². The molecule has 4 heterocycles. The molecule has 6 aromatic carbocycles. The number of rotatable bonds is 5. The maximum Gasteiger partial charge on any atom is 0.164 e. The first kappa shape index (κ1) is 28.9. The van der Waals surface area contributed by atoms with Crippen LogP contribution in [0.3, 0.4) is 0 Å². The largest absolute Gasteiger partial charge is 0.456 e. The van der Waals surface area contributed by atoms with E-state index in [0.717, 1.165) is 49.8 Å². The smallest absolute Gasteiger partial charge is 0.164 e. The topological polar surface area (TPSA) is 56.2 Å². The average Bonchev–Trinajstić information content (AvgIpc) is 3.84. The van der Waals surface area contributed by atoms with Gasteiger partial charge in [-0.25, -0.2) is 15.0 Å². The minimum atomic E-state index is 0.558. The summed E-state index contributed by atoms with van der Waals surface area (Å²) in [5, 5.41) is 7.11. The first-order chi connectivity index (χ1) is 25.2. The van der Waals surface area contributed by atoms with Crippen LogP contribution < -0.4 is 0 Å². The van der Waals surface area contributed by atoms with Gasteiger partial charge in [0.15, 0.2) is 17.5 Å². The summed E-state index contributed by atoms with van der Waals surface area (Å²) < 4.78 is 9.01. The fourth-order valence-corrected chi connectivity index (χ4v) is 7.60. The maximum atomic E-state index is 6.60. The second-order valence-corrected chi connectivity index (χ2v) is 12.7. The maximum absolute atomic E-state index is 6.60. The fourth-order valence-electron chi connectivity index (χ4n) is 7.60. The standard InChI is InChI=1S/C46H28N4O/c1-3-5-14-28(4-2)44-47-45(29-15-7-6-8-16-29)49-46(48-44)31-18-11-17-30(25-31)32-20-13-24-40-42(32)37-26-39-36(27-41(37)51-40)35-22-12-21-34-33-19-9-10-23-38(33)50(39)43(34)35/h1,4-27H,2H3/b14-5-,28-4+. The summed E-state index contributed by atoms with van der Waals surface area (Å²) in [6.45, 7) is 1.95. The molecule has 0 unspecified atom stereocenters. The van der Waals surface area contributed by atoms with Gasteiger partial charge in [0.1, 0.15) is 11.2 Å². The number of hydrogen-bond donors (Lipinski definition) is 0. The average molecular weight is 653 g/mol. The van der Waals surface area contributed by atoms with Gasteiger partial charge in [0.05, 0.1) is 16.6 Å². The van der Waals surface area contributed by atoms with Gasteiger partial charge in [0.2, 0.25) is 0 Å². The van der Waals surface area contributed by atoms with Crippen molar-refractivity contribution < 1.29 is 4.42 Å². The summed E-state index contributed by atoms with van der Waals surface area (Å²) >= 11 is 0. The van der Waals surface area contributed by atoms with Crippen molar-refractivity contribution >= 4 is 65.6 Å². The van der Waals surface area contributed by atoms with E-state index in [9.17, 15) is 0 Å². The van der Waals surface area contributed by atoms with Crippen molar-refractivity contribution in [2.45, 2.75) is 6.92 Å². The summed E-state index contributed by atoms with van der Waals surface area (Å²) in [4.78, 5) is 14.8. The van der Waals surface area contributed by atoms with Gasteiger partial charge in [-0.3, -0.25) is 0 Å². The number of hydrogen-bond acceptors (Lipinski definition) is 4. The molecule has 0 atom stereocenters. The monoisotopic (exact) mass is 652 g/mol. The van der Waals surface area contributed by atoms with Gasteiger partial charge < -0.3 is 8.82 Å². The molecule has 0 saturated heterocycles. The summed E-state index contributed by atoms with van der Waals surface area (Å²) in [7, 11) is 0. The number of nitrogens with zero attached hydrogens (tertiary/aromatic N) is 4. The van der Waals surface area contributed by atoms with Gasteiger partial charge in [-0.2, -0.15) is 0 Å². The predicted molar refractivity (Wildman–Crippen MR) is 210 cm³/mol. The Bertz CT molecular complexity index is 3100. The second kappa shape index (κ2) is 11.3. The van der Waals surface area contributed by atoms with E-state index in [2.05, 4.69) is 101 Å². The number of aromatic nitrogens is 4. The second-order valence-electron chi connectivity index (χ2n) is 12.7. The van der Waals surface area contributed by atoms with Crippen LogP contribution in [0, 0.1) is 12.3 Å². The first-order valence-electron chi connectivity index (χ1n) is 16.9. The highest BCUT2D eigenvalue weighted by molar-refractivity contribution is 6.26. The molecule has 5 nitrogen and oxygen atoms in total. The van der Waals surface area contributed by atoms with Gasteiger partial charge in [0, 0.05) is 49.0 Å². The molecule has 0 N–H and O–H groups in total. The molecular formula is C46H28N4O. The van der Waals surface area contributed by atoms with Crippen molar-refractivity contribution in [3.8, 4) is 46.2 Å². The normalized spacial score (nSPS) is 12.4. The van der Waals surface area contributed by atoms with Crippen molar-refractivity contribution in [1.82, 2.24) is 19.4 Å². The van der Waals surface area contributed by atoms with E-state index in [0.29, 0.717) is 17.5 Å². The van der Waals surface area contributed by atoms with Gasteiger partial charge >= 0.3 is 0 Å². The number of terminal acetylenes is 1. The van der Waals surface area contributed by atoms with Crippen LogP contribution in [-0.2, 0) is 0 Å². The van der Waals surface area contributed by atoms with Crippen LogP contribution >= 0.6 is 0 Å². The third-order valence-corrected chi connectivity index (χ3v) is 9.87. The molecule has 0 aliphatic heterocycles. The Labute approximate surface area is 293 Å². The van der Waals surface area contributed by atoms with Crippen molar-refractivity contribution in [2.24, 2.45) is 0 Å². The Morgan fingerprint density at radius 2 is 1.33 bits per heavy atom. The molecule has 0 aliphatic rings. The molecule has 0 radical (unpaired) electrons. The molecule has 5 heteroatoms. The Morgan fingerprint density at radius 1 is 0.627 bits per heavy atom. The number of fused-ring (bicyclic) bond motifs is 9. The van der Waals surface area contributed by atoms with Crippen LogP contribution in [0.25, 0.3) is 99.5 Å². The van der Waals surface area contributed by atoms with Crippen LogP contribution in [0.1, 0.15) is 12.7 Å². The number of furan rings is 1. The molecule has 0 amide bonds. The lowest BCUT2D eigenvalue weighted by Gasteiger charge is -2.10. The van der Waals surface area contributed by atoms with Gasteiger partial charge in [-0.05, 0) is 60.5 Å². The van der Waals surface area contributed by atoms with Crippen LogP contribution in [-0.4, -0.2) is 19.4 Å². The zero-order valence-corrected chi connectivity index (χ0v) is 27.6. The molecule has 4 aromatic heterocycles. The van der Waals surface area contributed by atoms with Crippen LogP contribution in [0.5, 0.6) is 0 Å². The van der Waals surface area contributed by atoms with Crippen LogP contribution in [0.4, 0.5) is 0 Å². The van der Waals surface area contributed by atoms with Crippen molar-refractivity contribution in [3.05, 3.63) is 151 Å². The van der Waals surface area contributed by atoms with E-state index in [1.807, 2.05) is 55.5 Å². The minimum Gasteiger partial charge on any atom is -0.456 e. The third-order valence-electron chi connectivity index (χ3n) is 9.87. The van der Waals surface area contributed by atoms with E-state index in [1.54, 1.807) is 6.08 Å². The highest BCUT2D eigenvalue weighted by Gasteiger charge is 2.21. The Morgan fingerprint density at radius 3 is 2.18 bits per heavy atom. The molecule has 10 rings (SSSR count). The number of para-hydroxylation sites is 2. The van der Waals surface area contributed by atoms with Crippen molar-refractivity contribution in [2.75, 3.05) is 0 Å². The quantitative estimate of drug-likeness (QED) is 0.137. The predicted octanol–water partition coefficient (Wildman–Crippen LogP) is 11.5. The van der Waals surface area contributed by atoms with Crippen LogP contribution in [0.15, 0.2) is 150 Å². The molecular weight excluding hydrogens is 625 g/mol. The number of benzene rings is 6. The van der Waals surface area contributed by atoms with Crippen LogP contribution in [0.2, 0.25) is 0 Å². The molecule has 51 heavy (non-hydrogen) atoms. The molecule has 0 bridgehead atoms. The lowest BCUT2D eigenvalue weighted by atomic mass is 9.97. The van der Waals surface area contributed by atoms with Crippen molar-refractivity contribution in [1.29, 1.82) is 0 Å². The van der Waals surface area contributed by atoms with Gasteiger partial charge in [0.25, 0.3) is 0 Å². The third kappa shape index (κ3) is 4.40. The lowest BCUT2D eigenvalue weighted by Crippen LogP contribution is -2.02. The summed E-state index contributed by atoms with van der Waals surface area (Å²) in [5.74, 6) is 4.31. The summed E-state index contributed by atoms with van der Waals surface area (Å²) in [6.07, 6.45) is 11.0. The summed E-state index contributed by atoms with van der Waals surface area (Å²) in [5.41, 5.74) is 10.1. The van der Waals surface area contributed by atoms with Gasteiger partial charge in [-0.1, -0.05) is 109 Å². The zero-order chi connectivity index (χ0) is 34.1. The van der Waals surface area contributed by atoms with E-state index in [4.69, 9.17) is 25.8 Å². The highest BCUT2D eigenvalue weighted by Crippen LogP contribution is 2.44. The molecule has 0 spiro atoms. The molecule has 238 valence electrons. The Kier molecular flexibility index (Phi) is 6.39. The summed E-state index contributed by atoms with van der Waals surface area (Å²) in [6, 6.07) is 44.4. The van der Waals surface area contributed by atoms with E-state index in [1.165, 1.54) is 38.1 Å². The van der Waals surface area contributed by atoms with E-state index < -0.39 is 0 Å². The molecule has 0 fully saturated rings. The molecule has 0 aliphatic carbocycles. The Hall–Kier alpha value is -7.03. The fraction of sp³-hybridized carbons (Fsp3) is 0.0217. The number of allylic oxidation sites excluding steroid dienone is 4.